The van der Waals surface area contributed by atoms with Gasteiger partial charge in [0.1, 0.15) is 6.10 Å². The van der Waals surface area contributed by atoms with E-state index >= 15 is 0 Å². The molecule has 1 N–H and O–H groups in total. The van der Waals surface area contributed by atoms with Crippen LogP contribution in [0.25, 0.3) is 6.08 Å². The molecular formula is C27H32F3NO2. The minimum Gasteiger partial charge on any atom is -0.459 e. The Kier molecular flexibility index (Phi) is 8.01. The molecule has 0 aliphatic heterocycles. The van der Waals surface area contributed by atoms with Gasteiger partial charge >= 0.3 is 12.1 Å². The molecule has 0 aromatic heterocycles. The molecule has 1 aliphatic carbocycles. The number of alkyl halides is 3. The van der Waals surface area contributed by atoms with Gasteiger partial charge in [-0.3, -0.25) is 0 Å². The van der Waals surface area contributed by atoms with E-state index in [-0.39, 0.29) is 11.6 Å². The summed E-state index contributed by atoms with van der Waals surface area (Å²) in [4.78, 5) is 12.1. The first-order chi connectivity index (χ1) is 15.5. The van der Waals surface area contributed by atoms with Crippen LogP contribution in [-0.4, -0.2) is 17.6 Å². The predicted octanol–water partition coefficient (Wildman–Crippen LogP) is 6.88. The van der Waals surface area contributed by atoms with Gasteiger partial charge in [-0.05, 0) is 87.3 Å². The molecule has 2 aromatic carbocycles. The smallest absolute Gasteiger partial charge is 0.416 e. The van der Waals surface area contributed by atoms with Gasteiger partial charge < -0.3 is 10.1 Å². The van der Waals surface area contributed by atoms with Gasteiger partial charge in [0.25, 0.3) is 0 Å². The van der Waals surface area contributed by atoms with E-state index in [4.69, 9.17) is 4.74 Å². The Balaban J connectivity index is 1.44. The number of carbonyl (C=O) groups excluding carboxylic acids is 1. The molecule has 0 saturated heterocycles. The van der Waals surface area contributed by atoms with E-state index in [1.807, 2.05) is 0 Å². The van der Waals surface area contributed by atoms with Crippen molar-refractivity contribution in [3.63, 3.8) is 0 Å². The van der Waals surface area contributed by atoms with Crippen LogP contribution in [0, 0.1) is 0 Å². The summed E-state index contributed by atoms with van der Waals surface area (Å²) in [6.45, 7) is 7.29. The second kappa shape index (κ2) is 10.6. The van der Waals surface area contributed by atoms with E-state index in [9.17, 15) is 18.0 Å². The van der Waals surface area contributed by atoms with Crippen LogP contribution in [0.2, 0.25) is 0 Å². The summed E-state index contributed by atoms with van der Waals surface area (Å²) >= 11 is 0. The number of hydrogen-bond acceptors (Lipinski definition) is 3. The van der Waals surface area contributed by atoms with E-state index < -0.39 is 17.7 Å². The van der Waals surface area contributed by atoms with E-state index in [1.54, 1.807) is 0 Å². The monoisotopic (exact) mass is 459 g/mol. The minimum atomic E-state index is -4.37. The molecule has 0 spiro atoms. The van der Waals surface area contributed by atoms with Gasteiger partial charge in [-0.2, -0.15) is 13.2 Å². The van der Waals surface area contributed by atoms with Gasteiger partial charge in [-0.25, -0.2) is 4.79 Å². The van der Waals surface area contributed by atoms with Crippen LogP contribution < -0.4 is 5.32 Å². The lowest BCUT2D eigenvalue weighted by atomic mass is 9.82. The normalized spacial score (nSPS) is 19.6. The Hall–Kier alpha value is -2.60. The average Bonchev–Trinajstić information content (AvgIpc) is 2.76. The lowest BCUT2D eigenvalue weighted by Crippen LogP contribution is -2.35. The Bertz CT molecular complexity index is 933. The van der Waals surface area contributed by atoms with Gasteiger partial charge in [0.15, 0.2) is 0 Å². The SMILES string of the molecule is CC(C)(C)NCc1ccc(C2CCC(OC(=O)C=Cc3ccc(C(F)(F)F)cc3)CC2)cc1. The molecule has 0 atom stereocenters. The van der Waals surface area contributed by atoms with E-state index in [0.29, 0.717) is 11.5 Å². The van der Waals surface area contributed by atoms with E-state index in [1.165, 1.54) is 35.4 Å². The van der Waals surface area contributed by atoms with Crippen LogP contribution in [0.5, 0.6) is 0 Å². The first-order valence-electron chi connectivity index (χ1n) is 11.4. The lowest BCUT2D eigenvalue weighted by Gasteiger charge is -2.28. The average molecular weight is 460 g/mol. The minimum absolute atomic E-state index is 0.0847. The Morgan fingerprint density at radius 3 is 2.12 bits per heavy atom. The maximum absolute atomic E-state index is 12.6. The molecule has 1 aliphatic rings. The Morgan fingerprint density at radius 2 is 1.58 bits per heavy atom. The highest BCUT2D eigenvalue weighted by Gasteiger charge is 2.30. The second-order valence-electron chi connectivity index (χ2n) is 9.71. The summed E-state index contributed by atoms with van der Waals surface area (Å²) in [7, 11) is 0. The van der Waals surface area contributed by atoms with Crippen LogP contribution in [0.1, 0.15) is 74.6 Å². The molecule has 0 unspecified atom stereocenters. The number of rotatable bonds is 6. The van der Waals surface area contributed by atoms with Gasteiger partial charge in [-0.15, -0.1) is 0 Å². The fourth-order valence-electron chi connectivity index (χ4n) is 3.94. The van der Waals surface area contributed by atoms with Crippen molar-refractivity contribution in [2.45, 2.75) is 76.7 Å². The van der Waals surface area contributed by atoms with E-state index in [2.05, 4.69) is 50.4 Å². The fraction of sp³-hybridized carbons (Fsp3) is 0.444. The van der Waals surface area contributed by atoms with Crippen LogP contribution in [0.3, 0.4) is 0 Å². The molecule has 0 amide bonds. The zero-order valence-corrected chi connectivity index (χ0v) is 19.4. The van der Waals surface area contributed by atoms with Crippen LogP contribution in [0.4, 0.5) is 13.2 Å². The third kappa shape index (κ3) is 8.04. The molecule has 0 bridgehead atoms. The molecule has 0 radical (unpaired) electrons. The van der Waals surface area contributed by atoms with Crippen LogP contribution in [0.15, 0.2) is 54.6 Å². The lowest BCUT2D eigenvalue weighted by molar-refractivity contribution is -0.144. The van der Waals surface area contributed by atoms with Gasteiger partial charge in [0, 0.05) is 18.2 Å². The first-order valence-corrected chi connectivity index (χ1v) is 11.4. The molecule has 1 fully saturated rings. The summed E-state index contributed by atoms with van der Waals surface area (Å²) in [5.74, 6) is 0.00122. The summed E-state index contributed by atoms with van der Waals surface area (Å²) in [6, 6.07) is 13.4. The standard InChI is InChI=1S/C27H32F3NO2/c1-26(2,3)31-18-20-4-9-21(10-5-20)22-11-15-24(16-12-22)33-25(32)17-8-19-6-13-23(14-7-19)27(28,29)30/h4-10,13-14,17,22,24,31H,11-12,15-16,18H2,1-3H3. The van der Waals surface area contributed by atoms with Crippen molar-refractivity contribution < 1.29 is 22.7 Å². The highest BCUT2D eigenvalue weighted by molar-refractivity contribution is 5.87. The number of esters is 1. The van der Waals surface area contributed by atoms with Crippen molar-refractivity contribution in [1.82, 2.24) is 5.32 Å². The van der Waals surface area contributed by atoms with Crippen molar-refractivity contribution in [2.24, 2.45) is 0 Å². The maximum Gasteiger partial charge on any atom is 0.416 e. The topological polar surface area (TPSA) is 38.3 Å². The third-order valence-electron chi connectivity index (χ3n) is 5.88. The highest BCUT2D eigenvalue weighted by Crippen LogP contribution is 2.34. The predicted molar refractivity (Wildman–Crippen MR) is 125 cm³/mol. The number of benzene rings is 2. The number of carbonyl (C=O) groups is 1. The quantitative estimate of drug-likeness (QED) is 0.378. The molecule has 178 valence electrons. The summed E-state index contributed by atoms with van der Waals surface area (Å²) in [5.41, 5.74) is 2.47. The number of nitrogens with one attached hydrogen (secondary N) is 1. The van der Waals surface area contributed by atoms with Gasteiger partial charge in [-0.1, -0.05) is 36.4 Å². The Labute approximate surface area is 194 Å². The summed E-state index contributed by atoms with van der Waals surface area (Å²) in [5, 5.41) is 3.49. The number of halogens is 3. The first kappa shape index (κ1) is 25.0. The zero-order chi connectivity index (χ0) is 24.1. The van der Waals surface area contributed by atoms with Crippen molar-refractivity contribution >= 4 is 12.0 Å². The van der Waals surface area contributed by atoms with Gasteiger partial charge in [0.05, 0.1) is 5.56 Å². The molecule has 1 saturated carbocycles. The maximum atomic E-state index is 12.6. The molecule has 0 heterocycles. The number of ether oxygens (including phenoxy) is 1. The van der Waals surface area contributed by atoms with Crippen LogP contribution in [-0.2, 0) is 22.3 Å². The number of hydrogen-bond donors (Lipinski definition) is 1. The van der Waals surface area contributed by atoms with Crippen molar-refractivity contribution in [2.75, 3.05) is 0 Å². The largest absolute Gasteiger partial charge is 0.459 e. The molecule has 33 heavy (non-hydrogen) atoms. The van der Waals surface area contributed by atoms with Crippen molar-refractivity contribution in [3.8, 4) is 0 Å². The molecular weight excluding hydrogens is 427 g/mol. The zero-order valence-electron chi connectivity index (χ0n) is 19.4. The Morgan fingerprint density at radius 1 is 0.970 bits per heavy atom. The summed E-state index contributed by atoms with van der Waals surface area (Å²) < 4.78 is 43.4. The van der Waals surface area contributed by atoms with Crippen molar-refractivity contribution in [1.29, 1.82) is 0 Å². The van der Waals surface area contributed by atoms with Crippen LogP contribution >= 0.6 is 0 Å². The third-order valence-corrected chi connectivity index (χ3v) is 5.88. The fourth-order valence-corrected chi connectivity index (χ4v) is 3.94. The van der Waals surface area contributed by atoms with Crippen molar-refractivity contribution in [3.05, 3.63) is 76.9 Å². The van der Waals surface area contributed by atoms with Gasteiger partial charge in [0.2, 0.25) is 0 Å². The van der Waals surface area contributed by atoms with E-state index in [0.717, 1.165) is 44.4 Å². The second-order valence-corrected chi connectivity index (χ2v) is 9.71. The molecule has 3 rings (SSSR count). The molecule has 3 nitrogen and oxygen atoms in total. The highest BCUT2D eigenvalue weighted by atomic mass is 19.4. The molecule has 6 heteroatoms. The summed E-state index contributed by atoms with van der Waals surface area (Å²) in [6.07, 6.45) is 1.78. The molecule has 2 aromatic rings.